The van der Waals surface area contributed by atoms with Crippen LogP contribution in [0.2, 0.25) is 0 Å². The molecule has 3 aliphatic heterocycles. The molecule has 18 nitrogen and oxygen atoms in total. The molecule has 0 radical (unpaired) electrons. The van der Waals surface area contributed by atoms with Gasteiger partial charge in [0, 0.05) is 53.1 Å². The number of nitrogens with zero attached hydrogens (tertiary/aromatic N) is 1. The van der Waals surface area contributed by atoms with E-state index in [1.165, 1.54) is 21.0 Å². The standard InChI is InChI=1S/C45H71NO17/c1-13-34(50)59-33-23-36(52)55-26(4)18-16-15-17-19-32(58-29(7)48)25(3)22-31(20-21-47)41(42(33)54-12)62-44-39(53)38(46(10)11)40(27(5)57-44)61-37-24-45(9,63-30(8)49)43(28(6)56-37)60-35(51)14-2/h15-17,19,21,25-28,31-33,37-44,53H,13-14,18,20,22-24H2,1-12H3/b16-15+,19-17+/t25-,26-,27-,28+,31-,32+,33-,37+,38-,39-,40-,41+,42+,43+,44+,45-/m1/s1. The van der Waals surface area contributed by atoms with Gasteiger partial charge >= 0.3 is 29.8 Å². The molecule has 1 N–H and O–H groups in total. The molecule has 0 aliphatic carbocycles. The van der Waals surface area contributed by atoms with Crippen molar-refractivity contribution < 1.29 is 81.2 Å². The van der Waals surface area contributed by atoms with E-state index in [1.54, 1.807) is 84.8 Å². The molecule has 0 aromatic carbocycles. The molecular formula is C45H71NO17. The highest BCUT2D eigenvalue weighted by Crippen LogP contribution is 2.39. The van der Waals surface area contributed by atoms with Crippen molar-refractivity contribution >= 4 is 36.1 Å². The molecule has 18 heteroatoms. The van der Waals surface area contributed by atoms with Gasteiger partial charge in [0.1, 0.15) is 42.9 Å². The van der Waals surface area contributed by atoms with Crippen LogP contribution in [0.4, 0.5) is 0 Å². The number of hydrogen-bond acceptors (Lipinski definition) is 18. The van der Waals surface area contributed by atoms with Crippen LogP contribution in [0.3, 0.4) is 0 Å². The van der Waals surface area contributed by atoms with Crippen LogP contribution in [0.5, 0.6) is 0 Å². The Morgan fingerprint density at radius 2 is 1.57 bits per heavy atom. The van der Waals surface area contributed by atoms with Gasteiger partial charge in [-0.25, -0.2) is 0 Å². The number of methoxy groups -OCH3 is 1. The predicted molar refractivity (Wildman–Crippen MR) is 224 cm³/mol. The number of ether oxygens (including phenoxy) is 10. The molecule has 2 saturated heterocycles. The molecule has 3 rings (SSSR count). The number of allylic oxidation sites excluding steroid dienone is 2. The normalized spacial score (nSPS) is 38.1. The zero-order valence-electron chi connectivity index (χ0n) is 38.9. The SMILES string of the molecule is CCC(=O)O[C@@H]1CC(=O)O[C@H](C)C/C=C/C=C/[C@H](OC(C)=O)[C@H](C)C[C@@H](CC=O)[C@H](O[C@@H]2O[C@H](C)[C@@H](O[C@H]3C[C@@](C)(OC(C)=O)[C@@H](OC(=O)CC)[C@H](C)O3)[C@H](N(C)C)[C@H]2O)[C@H]1OC. The fourth-order valence-electron chi connectivity index (χ4n) is 8.57. The summed E-state index contributed by atoms with van der Waals surface area (Å²) in [5.74, 6) is -4.06. The van der Waals surface area contributed by atoms with Crippen molar-refractivity contribution in [3.05, 3.63) is 24.3 Å². The first-order chi connectivity index (χ1) is 29.7. The van der Waals surface area contributed by atoms with E-state index in [1.807, 2.05) is 6.92 Å². The number of likely N-dealkylation sites (N-methyl/N-ethyl adjacent to an activating group) is 1. The smallest absolute Gasteiger partial charge is 0.309 e. The molecule has 0 aromatic heterocycles. The van der Waals surface area contributed by atoms with Gasteiger partial charge in [-0.15, -0.1) is 0 Å². The molecule has 0 amide bonds. The van der Waals surface area contributed by atoms with Gasteiger partial charge in [0.15, 0.2) is 24.3 Å². The van der Waals surface area contributed by atoms with Gasteiger partial charge in [-0.05, 0) is 66.1 Å². The Bertz CT molecular complexity index is 1590. The third-order valence-corrected chi connectivity index (χ3v) is 11.5. The van der Waals surface area contributed by atoms with Crippen LogP contribution in [0.25, 0.3) is 0 Å². The lowest BCUT2D eigenvalue weighted by Crippen LogP contribution is -2.66. The summed E-state index contributed by atoms with van der Waals surface area (Å²) in [6.45, 7) is 14.4. The summed E-state index contributed by atoms with van der Waals surface area (Å²) in [4.78, 5) is 77.6. The average Bonchev–Trinajstić information content (AvgIpc) is 3.18. The van der Waals surface area contributed by atoms with Crippen molar-refractivity contribution in [3.8, 4) is 0 Å². The Balaban J connectivity index is 2.09. The minimum absolute atomic E-state index is 0.0260. The number of cyclic esters (lactones) is 1. The van der Waals surface area contributed by atoms with Crippen molar-refractivity contribution in [2.24, 2.45) is 11.8 Å². The minimum Gasteiger partial charge on any atom is -0.462 e. The van der Waals surface area contributed by atoms with Crippen LogP contribution in [0.15, 0.2) is 24.3 Å². The number of aliphatic hydroxyl groups is 1. The van der Waals surface area contributed by atoms with Gasteiger partial charge in [0.05, 0.1) is 30.8 Å². The molecular weight excluding hydrogens is 826 g/mol. The van der Waals surface area contributed by atoms with E-state index < -0.39 is 133 Å². The molecule has 3 heterocycles. The quantitative estimate of drug-likeness (QED) is 0.148. The largest absolute Gasteiger partial charge is 0.462 e. The summed E-state index contributed by atoms with van der Waals surface area (Å²) in [5.41, 5.74) is -1.33. The van der Waals surface area contributed by atoms with Gasteiger partial charge in [-0.3, -0.25) is 24.0 Å². The molecule has 2 fully saturated rings. The third kappa shape index (κ3) is 15.4. The monoisotopic (exact) mass is 897 g/mol. The number of aliphatic hydroxyl groups excluding tert-OH is 1. The summed E-state index contributed by atoms with van der Waals surface area (Å²) in [5, 5.41) is 12.2. The number of rotatable bonds is 14. The zero-order valence-corrected chi connectivity index (χ0v) is 38.9. The highest BCUT2D eigenvalue weighted by molar-refractivity contribution is 5.73. The Kier molecular flexibility index (Phi) is 21.3. The molecule has 358 valence electrons. The van der Waals surface area contributed by atoms with Crippen LogP contribution in [-0.4, -0.2) is 153 Å². The highest BCUT2D eigenvalue weighted by Gasteiger charge is 2.54. The number of carbonyl (C=O) groups excluding carboxylic acids is 6. The van der Waals surface area contributed by atoms with Crippen LogP contribution >= 0.6 is 0 Å². The molecule has 16 atom stereocenters. The first-order valence-electron chi connectivity index (χ1n) is 21.9. The second kappa shape index (κ2) is 25.1. The molecule has 63 heavy (non-hydrogen) atoms. The minimum atomic E-state index is -1.45. The van der Waals surface area contributed by atoms with Gasteiger partial charge in [0.25, 0.3) is 0 Å². The van der Waals surface area contributed by atoms with E-state index in [9.17, 15) is 33.9 Å². The van der Waals surface area contributed by atoms with Crippen LogP contribution in [0.1, 0.15) is 107 Å². The average molecular weight is 898 g/mol. The van der Waals surface area contributed by atoms with E-state index in [2.05, 4.69) is 0 Å². The van der Waals surface area contributed by atoms with E-state index in [-0.39, 0.29) is 32.1 Å². The Morgan fingerprint density at radius 1 is 0.905 bits per heavy atom. The predicted octanol–water partition coefficient (Wildman–Crippen LogP) is 3.91. The Hall–Kier alpha value is -3.78. The Morgan fingerprint density at radius 3 is 2.16 bits per heavy atom. The van der Waals surface area contributed by atoms with E-state index in [0.717, 1.165) is 0 Å². The second-order valence-electron chi connectivity index (χ2n) is 17.1. The zero-order chi connectivity index (χ0) is 47.2. The fraction of sp³-hybridized carbons (Fsp3) is 0.778. The molecule has 0 bridgehead atoms. The summed E-state index contributed by atoms with van der Waals surface area (Å²) < 4.78 is 60.7. The molecule has 3 aliphatic rings. The fourth-order valence-corrected chi connectivity index (χ4v) is 8.57. The van der Waals surface area contributed by atoms with E-state index in [4.69, 9.17) is 47.4 Å². The third-order valence-electron chi connectivity index (χ3n) is 11.5. The summed E-state index contributed by atoms with van der Waals surface area (Å²) >= 11 is 0. The maximum absolute atomic E-state index is 13.4. The van der Waals surface area contributed by atoms with Crippen molar-refractivity contribution in [1.29, 1.82) is 0 Å². The lowest BCUT2D eigenvalue weighted by molar-refractivity contribution is -0.344. The lowest BCUT2D eigenvalue weighted by Gasteiger charge is -2.50. The van der Waals surface area contributed by atoms with Gasteiger partial charge in [0.2, 0.25) is 0 Å². The van der Waals surface area contributed by atoms with Gasteiger partial charge < -0.3 is 62.2 Å². The lowest BCUT2D eigenvalue weighted by atomic mass is 9.82. The second-order valence-corrected chi connectivity index (χ2v) is 17.1. The molecule has 0 saturated carbocycles. The number of carbonyl (C=O) groups is 6. The highest BCUT2D eigenvalue weighted by atomic mass is 16.7. The van der Waals surface area contributed by atoms with Gasteiger partial charge in [-0.1, -0.05) is 39.0 Å². The van der Waals surface area contributed by atoms with Gasteiger partial charge in [-0.2, -0.15) is 0 Å². The van der Waals surface area contributed by atoms with Crippen LogP contribution in [0, 0.1) is 11.8 Å². The van der Waals surface area contributed by atoms with Crippen molar-refractivity contribution in [2.45, 2.75) is 193 Å². The Labute approximate surface area is 371 Å². The molecule has 0 unspecified atom stereocenters. The van der Waals surface area contributed by atoms with Crippen LogP contribution in [-0.2, 0) is 76.1 Å². The van der Waals surface area contributed by atoms with E-state index in [0.29, 0.717) is 12.7 Å². The topological polar surface area (TPSA) is 218 Å². The maximum Gasteiger partial charge on any atom is 0.309 e. The maximum atomic E-state index is 13.4. The van der Waals surface area contributed by atoms with E-state index >= 15 is 0 Å². The van der Waals surface area contributed by atoms with Crippen molar-refractivity contribution in [1.82, 2.24) is 4.90 Å². The first-order valence-corrected chi connectivity index (χ1v) is 21.9. The summed E-state index contributed by atoms with van der Waals surface area (Å²) in [6, 6.07) is -0.833. The molecule has 0 spiro atoms. The van der Waals surface area contributed by atoms with Crippen molar-refractivity contribution in [3.63, 3.8) is 0 Å². The number of hydrogen-bond donors (Lipinski definition) is 1. The number of esters is 5. The van der Waals surface area contributed by atoms with Crippen molar-refractivity contribution in [2.75, 3.05) is 21.2 Å². The summed E-state index contributed by atoms with van der Waals surface area (Å²) in [7, 11) is 4.82. The number of aldehydes is 1. The summed E-state index contributed by atoms with van der Waals surface area (Å²) in [6.07, 6.45) is -4.48. The molecule has 0 aromatic rings. The first kappa shape index (κ1) is 53.6. The van der Waals surface area contributed by atoms with Crippen LogP contribution < -0.4 is 0 Å².